The van der Waals surface area contributed by atoms with E-state index in [9.17, 15) is 9.18 Å². The van der Waals surface area contributed by atoms with Crippen molar-refractivity contribution in [1.29, 1.82) is 0 Å². The summed E-state index contributed by atoms with van der Waals surface area (Å²) in [6.07, 6.45) is 0. The fourth-order valence-electron chi connectivity index (χ4n) is 1.59. The van der Waals surface area contributed by atoms with E-state index in [0.29, 0.717) is 5.69 Å². The van der Waals surface area contributed by atoms with E-state index in [1.807, 2.05) is 0 Å². The molecule has 2 aromatic rings. The Labute approximate surface area is 113 Å². The van der Waals surface area contributed by atoms with E-state index < -0.39 is 11.8 Å². The van der Waals surface area contributed by atoms with Gasteiger partial charge in [0.1, 0.15) is 5.82 Å². The van der Waals surface area contributed by atoms with Crippen LogP contribution in [0.5, 0.6) is 0 Å². The molecule has 0 saturated carbocycles. The van der Waals surface area contributed by atoms with Gasteiger partial charge < -0.3 is 10.4 Å². The largest absolute Gasteiger partial charge is 0.478 e. The van der Waals surface area contributed by atoms with E-state index in [1.54, 1.807) is 13.0 Å². The number of anilines is 2. The van der Waals surface area contributed by atoms with E-state index in [1.165, 1.54) is 24.3 Å². The SMILES string of the molecule is Cc1cc(C(=O)O)cc(Nc2cccc(Cl)c2F)n1. The summed E-state index contributed by atoms with van der Waals surface area (Å²) in [5, 5.41) is 11.6. The number of nitrogens with zero attached hydrogens (tertiary/aromatic N) is 1. The van der Waals surface area contributed by atoms with Gasteiger partial charge in [-0.15, -0.1) is 0 Å². The number of rotatable bonds is 3. The molecule has 0 aliphatic carbocycles. The van der Waals surface area contributed by atoms with E-state index in [4.69, 9.17) is 16.7 Å². The molecular weight excluding hydrogens is 271 g/mol. The number of carboxylic acids is 1. The number of aryl methyl sites for hydroxylation is 1. The first-order chi connectivity index (χ1) is 8.97. The molecule has 6 heteroatoms. The van der Waals surface area contributed by atoms with Gasteiger partial charge >= 0.3 is 5.97 Å². The van der Waals surface area contributed by atoms with Crippen molar-refractivity contribution in [2.75, 3.05) is 5.32 Å². The second-order valence-electron chi connectivity index (χ2n) is 3.91. The maximum Gasteiger partial charge on any atom is 0.335 e. The highest BCUT2D eigenvalue weighted by molar-refractivity contribution is 6.31. The molecule has 1 heterocycles. The first-order valence-corrected chi connectivity index (χ1v) is 5.78. The normalized spacial score (nSPS) is 10.3. The second-order valence-corrected chi connectivity index (χ2v) is 4.32. The van der Waals surface area contributed by atoms with E-state index >= 15 is 0 Å². The Kier molecular flexibility index (Phi) is 3.66. The minimum atomic E-state index is -1.07. The maximum atomic E-state index is 13.7. The van der Waals surface area contributed by atoms with Crippen LogP contribution < -0.4 is 5.32 Å². The predicted octanol–water partition coefficient (Wildman–Crippen LogP) is 3.62. The zero-order valence-electron chi connectivity index (χ0n) is 9.95. The van der Waals surface area contributed by atoms with Crippen molar-refractivity contribution in [1.82, 2.24) is 4.98 Å². The number of benzene rings is 1. The first kappa shape index (κ1) is 13.3. The molecule has 0 fully saturated rings. The molecular formula is C13H10ClFN2O2. The maximum absolute atomic E-state index is 13.7. The lowest BCUT2D eigenvalue weighted by molar-refractivity contribution is 0.0696. The summed E-state index contributed by atoms with van der Waals surface area (Å²) in [6.45, 7) is 1.66. The van der Waals surface area contributed by atoms with Crippen molar-refractivity contribution in [3.8, 4) is 0 Å². The molecule has 0 spiro atoms. The number of aromatic nitrogens is 1. The van der Waals surface area contributed by atoms with Crippen LogP contribution in [0.4, 0.5) is 15.9 Å². The Morgan fingerprint density at radius 1 is 1.42 bits per heavy atom. The lowest BCUT2D eigenvalue weighted by Crippen LogP contribution is -2.03. The third-order valence-electron chi connectivity index (χ3n) is 2.41. The van der Waals surface area contributed by atoms with Crippen LogP contribution in [0.25, 0.3) is 0 Å². The van der Waals surface area contributed by atoms with Gasteiger partial charge in [-0.3, -0.25) is 0 Å². The third kappa shape index (κ3) is 3.00. The van der Waals surface area contributed by atoms with Gasteiger partial charge in [0.15, 0.2) is 5.82 Å². The van der Waals surface area contributed by atoms with E-state index in [-0.39, 0.29) is 22.1 Å². The Morgan fingerprint density at radius 3 is 2.84 bits per heavy atom. The molecule has 0 unspecified atom stereocenters. The van der Waals surface area contributed by atoms with E-state index in [0.717, 1.165) is 0 Å². The Bertz CT molecular complexity index is 647. The van der Waals surface area contributed by atoms with Gasteiger partial charge in [-0.05, 0) is 31.2 Å². The van der Waals surface area contributed by atoms with Crippen molar-refractivity contribution < 1.29 is 14.3 Å². The van der Waals surface area contributed by atoms with Gasteiger partial charge in [0.05, 0.1) is 16.3 Å². The van der Waals surface area contributed by atoms with Crippen molar-refractivity contribution in [3.05, 3.63) is 52.4 Å². The molecule has 0 amide bonds. The molecule has 1 aromatic carbocycles. The summed E-state index contributed by atoms with van der Waals surface area (Å²) < 4.78 is 13.7. The summed E-state index contributed by atoms with van der Waals surface area (Å²) in [7, 11) is 0. The van der Waals surface area contributed by atoms with Crippen LogP contribution in [-0.4, -0.2) is 16.1 Å². The third-order valence-corrected chi connectivity index (χ3v) is 2.71. The van der Waals surface area contributed by atoms with Crippen LogP contribution in [0.2, 0.25) is 5.02 Å². The van der Waals surface area contributed by atoms with E-state index in [2.05, 4.69) is 10.3 Å². The standard InChI is InChI=1S/C13H10ClFN2O2/c1-7-5-8(13(18)19)6-11(16-7)17-10-4-2-3-9(14)12(10)15/h2-6H,1H3,(H,16,17)(H,18,19). The van der Waals surface area contributed by atoms with Gasteiger partial charge in [-0.1, -0.05) is 17.7 Å². The lowest BCUT2D eigenvalue weighted by Gasteiger charge is -2.09. The number of nitrogens with one attached hydrogen (secondary N) is 1. The summed E-state index contributed by atoms with van der Waals surface area (Å²) >= 11 is 5.66. The van der Waals surface area contributed by atoms with Crippen molar-refractivity contribution in [2.45, 2.75) is 6.92 Å². The zero-order chi connectivity index (χ0) is 14.0. The fraction of sp³-hybridized carbons (Fsp3) is 0.0769. The summed E-state index contributed by atoms with van der Waals surface area (Å²) in [6, 6.07) is 7.26. The quantitative estimate of drug-likeness (QED) is 0.901. The molecule has 0 saturated heterocycles. The Balaban J connectivity index is 2.38. The van der Waals surface area contributed by atoms with Crippen LogP contribution in [-0.2, 0) is 0 Å². The zero-order valence-corrected chi connectivity index (χ0v) is 10.7. The lowest BCUT2D eigenvalue weighted by atomic mass is 10.2. The van der Waals surface area contributed by atoms with Gasteiger partial charge in [0.25, 0.3) is 0 Å². The molecule has 19 heavy (non-hydrogen) atoms. The van der Waals surface area contributed by atoms with Crippen molar-refractivity contribution >= 4 is 29.1 Å². The molecule has 98 valence electrons. The van der Waals surface area contributed by atoms with Gasteiger partial charge in [0.2, 0.25) is 0 Å². The van der Waals surface area contributed by atoms with Crippen LogP contribution in [0.15, 0.2) is 30.3 Å². The average Bonchev–Trinajstić information content (AvgIpc) is 2.34. The Morgan fingerprint density at radius 2 is 2.16 bits per heavy atom. The molecule has 1 aromatic heterocycles. The predicted molar refractivity (Wildman–Crippen MR) is 70.6 cm³/mol. The molecule has 0 atom stereocenters. The topological polar surface area (TPSA) is 62.2 Å². The molecule has 4 nitrogen and oxygen atoms in total. The number of aromatic carboxylic acids is 1. The number of pyridine rings is 1. The number of carbonyl (C=O) groups is 1. The van der Waals surface area contributed by atoms with Crippen LogP contribution in [0.3, 0.4) is 0 Å². The molecule has 0 radical (unpaired) electrons. The molecule has 0 aliphatic heterocycles. The molecule has 2 N–H and O–H groups in total. The van der Waals surface area contributed by atoms with Gasteiger partial charge in [0, 0.05) is 5.69 Å². The van der Waals surface area contributed by atoms with Gasteiger partial charge in [-0.25, -0.2) is 14.2 Å². The number of hydrogen-bond donors (Lipinski definition) is 2. The van der Waals surface area contributed by atoms with Gasteiger partial charge in [-0.2, -0.15) is 0 Å². The summed E-state index contributed by atoms with van der Waals surface area (Å²) in [5.74, 6) is -1.43. The summed E-state index contributed by atoms with van der Waals surface area (Å²) in [4.78, 5) is 15.0. The minimum absolute atomic E-state index is 0.0175. The highest BCUT2D eigenvalue weighted by atomic mass is 35.5. The van der Waals surface area contributed by atoms with Crippen molar-refractivity contribution in [2.24, 2.45) is 0 Å². The highest BCUT2D eigenvalue weighted by Gasteiger charge is 2.10. The number of carboxylic acid groups (broad SMARTS) is 1. The van der Waals surface area contributed by atoms with Crippen LogP contribution in [0, 0.1) is 12.7 Å². The monoisotopic (exact) mass is 280 g/mol. The van der Waals surface area contributed by atoms with Crippen molar-refractivity contribution in [3.63, 3.8) is 0 Å². The Hall–Kier alpha value is -2.14. The molecule has 0 bridgehead atoms. The fourth-order valence-corrected chi connectivity index (χ4v) is 1.77. The molecule has 2 rings (SSSR count). The first-order valence-electron chi connectivity index (χ1n) is 5.40. The average molecular weight is 281 g/mol. The highest BCUT2D eigenvalue weighted by Crippen LogP contribution is 2.25. The smallest absolute Gasteiger partial charge is 0.335 e. The number of hydrogen-bond acceptors (Lipinski definition) is 3. The van der Waals surface area contributed by atoms with Crippen LogP contribution >= 0.6 is 11.6 Å². The summed E-state index contributed by atoms with van der Waals surface area (Å²) in [5.41, 5.74) is 0.740. The minimum Gasteiger partial charge on any atom is -0.478 e. The molecule has 0 aliphatic rings. The van der Waals surface area contributed by atoms with Crippen LogP contribution in [0.1, 0.15) is 16.1 Å². The second kappa shape index (κ2) is 5.24. The number of halogens is 2.